The molecule has 0 aliphatic carbocycles. The van der Waals surface area contributed by atoms with Crippen molar-refractivity contribution in [2.24, 2.45) is 0 Å². The first-order chi connectivity index (χ1) is 12.8. The summed E-state index contributed by atoms with van der Waals surface area (Å²) in [5.41, 5.74) is 1.43. The number of nitrogens with zero attached hydrogens (tertiary/aromatic N) is 2. The van der Waals surface area contributed by atoms with Gasteiger partial charge >= 0.3 is 0 Å². The molecule has 2 heterocycles. The van der Waals surface area contributed by atoms with Gasteiger partial charge in [0.25, 0.3) is 5.91 Å². The van der Waals surface area contributed by atoms with E-state index >= 15 is 0 Å². The lowest BCUT2D eigenvalue weighted by molar-refractivity contribution is -0.111. The first-order valence-corrected chi connectivity index (χ1v) is 8.56. The van der Waals surface area contributed by atoms with E-state index in [1.54, 1.807) is 19.3 Å². The van der Waals surface area contributed by atoms with Crippen LogP contribution in [0.2, 0.25) is 0 Å². The smallest absolute Gasteiger partial charge is 0.300 e. The van der Waals surface area contributed by atoms with Crippen LogP contribution < -0.4 is 10.1 Å². The highest BCUT2D eigenvalue weighted by Crippen LogP contribution is 2.29. The topological polar surface area (TPSA) is 79.5 Å². The second-order valence-corrected chi connectivity index (χ2v) is 5.78. The second kappa shape index (κ2) is 9.04. The van der Waals surface area contributed by atoms with Gasteiger partial charge in [0.15, 0.2) is 0 Å². The summed E-state index contributed by atoms with van der Waals surface area (Å²) in [5.74, 6) is 6.04. The third kappa shape index (κ3) is 4.85. The van der Waals surface area contributed by atoms with Gasteiger partial charge in [-0.1, -0.05) is 5.92 Å². The number of carbonyl (C=O) groups is 1. The highest BCUT2D eigenvalue weighted by atomic mass is 16.5. The van der Waals surface area contributed by atoms with Crippen LogP contribution in [0.25, 0.3) is 11.4 Å². The fraction of sp³-hybridized carbons (Fsp3) is 0.368. The Balaban J connectivity index is 1.71. The van der Waals surface area contributed by atoms with Gasteiger partial charge in [-0.05, 0) is 31.0 Å². The number of rotatable bonds is 6. The largest absolute Gasteiger partial charge is 0.490 e. The number of anilines is 1. The summed E-state index contributed by atoms with van der Waals surface area (Å²) in [5, 5.41) is 2.79. The average molecular weight is 354 g/mol. The van der Waals surface area contributed by atoms with E-state index < -0.39 is 0 Å². The molecule has 7 heteroatoms. The maximum Gasteiger partial charge on any atom is 0.300 e. The van der Waals surface area contributed by atoms with E-state index in [0.29, 0.717) is 18.0 Å². The summed E-state index contributed by atoms with van der Waals surface area (Å²) in [6.45, 7) is 6.31. The van der Waals surface area contributed by atoms with Crippen molar-refractivity contribution in [1.29, 1.82) is 0 Å². The normalized spacial score (nSPS) is 14.3. The van der Waals surface area contributed by atoms with Crippen molar-refractivity contribution in [1.82, 2.24) is 14.9 Å². The third-order valence-electron chi connectivity index (χ3n) is 4.01. The maximum atomic E-state index is 11.9. The van der Waals surface area contributed by atoms with Gasteiger partial charge in [-0.15, -0.1) is 0 Å². The molecule has 0 atom stereocenters. The maximum absolute atomic E-state index is 11.9. The summed E-state index contributed by atoms with van der Waals surface area (Å²) < 4.78 is 11.3. The Kier molecular flexibility index (Phi) is 6.25. The number of morpholine rings is 1. The van der Waals surface area contributed by atoms with Gasteiger partial charge in [-0.25, -0.2) is 4.98 Å². The van der Waals surface area contributed by atoms with E-state index in [2.05, 4.69) is 32.0 Å². The first-order valence-electron chi connectivity index (χ1n) is 8.56. The summed E-state index contributed by atoms with van der Waals surface area (Å²) in [4.78, 5) is 21.5. The Labute approximate surface area is 152 Å². The Bertz CT molecular complexity index is 787. The number of benzene rings is 1. The van der Waals surface area contributed by atoms with Gasteiger partial charge in [0.2, 0.25) is 0 Å². The van der Waals surface area contributed by atoms with E-state index in [4.69, 9.17) is 9.47 Å². The fourth-order valence-electron chi connectivity index (χ4n) is 2.70. The minimum Gasteiger partial charge on any atom is -0.490 e. The van der Waals surface area contributed by atoms with Crippen LogP contribution in [0.15, 0.2) is 30.6 Å². The summed E-state index contributed by atoms with van der Waals surface area (Å²) in [7, 11) is 0. The lowest BCUT2D eigenvalue weighted by Crippen LogP contribution is -2.38. The van der Waals surface area contributed by atoms with Gasteiger partial charge in [0.1, 0.15) is 18.2 Å². The van der Waals surface area contributed by atoms with Crippen molar-refractivity contribution in [3.8, 4) is 29.0 Å². The Morgan fingerprint density at radius 1 is 1.42 bits per heavy atom. The van der Waals surface area contributed by atoms with Gasteiger partial charge in [0, 0.05) is 37.6 Å². The van der Waals surface area contributed by atoms with Crippen LogP contribution in [0.5, 0.6) is 5.75 Å². The molecule has 0 spiro atoms. The summed E-state index contributed by atoms with van der Waals surface area (Å²) in [6.07, 6.45) is 3.44. The van der Waals surface area contributed by atoms with E-state index in [9.17, 15) is 4.79 Å². The fourth-order valence-corrected chi connectivity index (χ4v) is 2.70. The number of aromatic nitrogens is 2. The molecule has 1 aromatic carbocycles. The monoisotopic (exact) mass is 354 g/mol. The molecule has 2 aromatic rings. The minimum atomic E-state index is -0.373. The van der Waals surface area contributed by atoms with Crippen LogP contribution in [-0.4, -0.2) is 60.2 Å². The SMILES string of the molecule is CC#CC(=O)Nc1cc(-c2ncc[nH]2)ccc1OCCN1CCOCC1. The lowest BCUT2D eigenvalue weighted by atomic mass is 10.1. The summed E-state index contributed by atoms with van der Waals surface area (Å²) in [6, 6.07) is 5.58. The Morgan fingerprint density at radius 2 is 2.27 bits per heavy atom. The number of hydrogen-bond acceptors (Lipinski definition) is 5. The highest BCUT2D eigenvalue weighted by molar-refractivity contribution is 6.05. The van der Waals surface area contributed by atoms with Gasteiger partial charge in [-0.2, -0.15) is 0 Å². The van der Waals surface area contributed by atoms with Crippen molar-refractivity contribution >= 4 is 11.6 Å². The molecule has 1 saturated heterocycles. The molecule has 0 saturated carbocycles. The third-order valence-corrected chi connectivity index (χ3v) is 4.01. The van der Waals surface area contributed by atoms with Crippen molar-refractivity contribution in [3.63, 3.8) is 0 Å². The van der Waals surface area contributed by atoms with Crippen molar-refractivity contribution in [2.45, 2.75) is 6.92 Å². The first kappa shape index (κ1) is 18.0. The number of carbonyl (C=O) groups excluding carboxylic acids is 1. The summed E-state index contributed by atoms with van der Waals surface area (Å²) >= 11 is 0. The molecule has 136 valence electrons. The predicted octanol–water partition coefficient (Wildman–Crippen LogP) is 1.75. The predicted molar refractivity (Wildman–Crippen MR) is 98.9 cm³/mol. The number of nitrogens with one attached hydrogen (secondary N) is 2. The zero-order valence-corrected chi connectivity index (χ0v) is 14.7. The zero-order valence-electron chi connectivity index (χ0n) is 14.7. The van der Waals surface area contributed by atoms with Crippen molar-refractivity contribution < 1.29 is 14.3 Å². The van der Waals surface area contributed by atoms with Crippen LogP contribution in [0.4, 0.5) is 5.69 Å². The van der Waals surface area contributed by atoms with E-state index in [1.807, 2.05) is 18.2 Å². The van der Waals surface area contributed by atoms with Crippen molar-refractivity contribution in [2.75, 3.05) is 44.8 Å². The molecule has 7 nitrogen and oxygen atoms in total. The molecule has 0 bridgehead atoms. The number of H-pyrrole nitrogens is 1. The van der Waals surface area contributed by atoms with Gasteiger partial charge in [0.05, 0.1) is 18.9 Å². The van der Waals surface area contributed by atoms with Gasteiger partial charge in [-0.3, -0.25) is 9.69 Å². The van der Waals surface area contributed by atoms with Gasteiger partial charge < -0.3 is 19.8 Å². The second-order valence-electron chi connectivity index (χ2n) is 5.78. The molecule has 0 radical (unpaired) electrons. The quantitative estimate of drug-likeness (QED) is 0.773. The number of aromatic amines is 1. The molecular weight excluding hydrogens is 332 g/mol. The molecule has 2 N–H and O–H groups in total. The zero-order chi connectivity index (χ0) is 18.2. The molecule has 1 aromatic heterocycles. The Hall–Kier alpha value is -2.82. The highest BCUT2D eigenvalue weighted by Gasteiger charge is 2.13. The lowest BCUT2D eigenvalue weighted by Gasteiger charge is -2.26. The molecular formula is C19H22N4O3. The molecule has 1 aliphatic heterocycles. The van der Waals surface area contributed by atoms with Crippen LogP contribution in [0.3, 0.4) is 0 Å². The number of hydrogen-bond donors (Lipinski definition) is 2. The molecule has 1 aliphatic rings. The molecule has 1 amide bonds. The molecule has 3 rings (SSSR count). The Morgan fingerprint density at radius 3 is 3.00 bits per heavy atom. The van der Waals surface area contributed by atoms with Crippen LogP contribution in [-0.2, 0) is 9.53 Å². The standard InChI is InChI=1S/C19H22N4O3/c1-2-3-18(24)22-16-14-15(19-20-6-7-21-19)4-5-17(16)26-13-10-23-8-11-25-12-9-23/h4-7,14H,8-13H2,1H3,(H,20,21)(H,22,24). The molecule has 0 unspecified atom stereocenters. The molecule has 26 heavy (non-hydrogen) atoms. The number of ether oxygens (including phenoxy) is 2. The average Bonchev–Trinajstić information content (AvgIpc) is 3.19. The number of amides is 1. The minimum absolute atomic E-state index is 0.373. The van der Waals surface area contributed by atoms with Crippen LogP contribution in [0.1, 0.15) is 6.92 Å². The van der Waals surface area contributed by atoms with Crippen molar-refractivity contribution in [3.05, 3.63) is 30.6 Å². The van der Waals surface area contributed by atoms with E-state index in [0.717, 1.165) is 44.2 Å². The van der Waals surface area contributed by atoms with E-state index in [1.165, 1.54) is 0 Å². The number of imidazole rings is 1. The van der Waals surface area contributed by atoms with Crippen LogP contribution in [0, 0.1) is 11.8 Å². The van der Waals surface area contributed by atoms with E-state index in [-0.39, 0.29) is 5.91 Å². The van der Waals surface area contributed by atoms with Crippen LogP contribution >= 0.6 is 0 Å². The molecule has 1 fully saturated rings.